The minimum absolute atomic E-state index is 0.0501. The molecule has 0 spiro atoms. The van der Waals surface area contributed by atoms with Crippen molar-refractivity contribution in [1.82, 2.24) is 9.78 Å². The third-order valence-electron chi connectivity index (χ3n) is 4.08. The number of carbonyl (C=O) groups is 2. The average Bonchev–Trinajstić information content (AvgIpc) is 3.09. The number of nitrogens with two attached hydrogens (primary N) is 1. The molecule has 10 nitrogen and oxygen atoms in total. The third-order valence-corrected chi connectivity index (χ3v) is 5.01. The van der Waals surface area contributed by atoms with E-state index in [1.165, 1.54) is 42.3 Å². The van der Waals surface area contributed by atoms with Gasteiger partial charge in [-0.2, -0.15) is 0 Å². The maximum Gasteiger partial charge on any atom is 0.262 e. The van der Waals surface area contributed by atoms with Gasteiger partial charge >= 0.3 is 0 Å². The Morgan fingerprint density at radius 2 is 1.50 bits per heavy atom. The molecule has 0 bridgehead atoms. The molecule has 0 aliphatic heterocycles. The van der Waals surface area contributed by atoms with E-state index in [0.29, 0.717) is 16.9 Å². The number of anilines is 2. The lowest BCUT2D eigenvalue weighted by molar-refractivity contribution is 0.101. The normalized spacial score (nSPS) is 11.0. The number of amides is 2. The van der Waals surface area contributed by atoms with Crippen LogP contribution in [0.5, 0.6) is 5.88 Å². The van der Waals surface area contributed by atoms with Crippen LogP contribution in [0.3, 0.4) is 0 Å². The molecule has 0 saturated carbocycles. The van der Waals surface area contributed by atoms with Crippen molar-refractivity contribution in [3.8, 4) is 5.88 Å². The standard InChI is InChI=1S/C19H19N5O5S/c1-24-11-16(19(23-24)29-2)18(26)22-13-5-3-12(4-6-13)17(25)21-14-7-9-15(10-8-14)30(20,27)28/h3-11H,1-2H3,(H,21,25)(H,22,26)(H2,20,27,28). The molecule has 1 heterocycles. The fraction of sp³-hybridized carbons (Fsp3) is 0.105. The number of ether oxygens (including phenoxy) is 1. The number of rotatable bonds is 6. The molecule has 0 saturated heterocycles. The van der Waals surface area contributed by atoms with Crippen molar-refractivity contribution in [2.24, 2.45) is 12.2 Å². The van der Waals surface area contributed by atoms with E-state index < -0.39 is 21.8 Å². The summed E-state index contributed by atoms with van der Waals surface area (Å²) in [7, 11) is -0.697. The van der Waals surface area contributed by atoms with Gasteiger partial charge in [0.1, 0.15) is 5.56 Å². The van der Waals surface area contributed by atoms with Crippen LogP contribution in [0.4, 0.5) is 11.4 Å². The first-order valence-corrected chi connectivity index (χ1v) is 10.2. The van der Waals surface area contributed by atoms with E-state index >= 15 is 0 Å². The Bertz CT molecular complexity index is 1190. The van der Waals surface area contributed by atoms with Gasteiger partial charge in [0.15, 0.2) is 0 Å². The SMILES string of the molecule is COc1nn(C)cc1C(=O)Nc1ccc(C(=O)Nc2ccc(S(N)(=O)=O)cc2)cc1. The molecule has 0 unspecified atom stereocenters. The summed E-state index contributed by atoms with van der Waals surface area (Å²) in [6, 6.07) is 11.7. The molecular weight excluding hydrogens is 410 g/mol. The molecule has 0 radical (unpaired) electrons. The molecular formula is C19H19N5O5S. The Balaban J connectivity index is 1.66. The Morgan fingerprint density at radius 3 is 2.03 bits per heavy atom. The van der Waals surface area contributed by atoms with Crippen LogP contribution in [-0.2, 0) is 17.1 Å². The van der Waals surface area contributed by atoms with Crippen LogP contribution in [0.15, 0.2) is 59.6 Å². The predicted molar refractivity (Wildman–Crippen MR) is 110 cm³/mol. The van der Waals surface area contributed by atoms with E-state index in [1.807, 2.05) is 0 Å². The number of hydrogen-bond acceptors (Lipinski definition) is 6. The first-order chi connectivity index (χ1) is 14.2. The Kier molecular flexibility index (Phi) is 5.85. The number of primary sulfonamides is 1. The first kappa shape index (κ1) is 21.0. The molecule has 3 rings (SSSR count). The lowest BCUT2D eigenvalue weighted by atomic mass is 10.2. The number of hydrogen-bond donors (Lipinski definition) is 3. The fourth-order valence-corrected chi connectivity index (χ4v) is 3.12. The molecule has 0 fully saturated rings. The average molecular weight is 429 g/mol. The Morgan fingerprint density at radius 1 is 0.967 bits per heavy atom. The van der Waals surface area contributed by atoms with Gasteiger partial charge in [0.2, 0.25) is 15.9 Å². The highest BCUT2D eigenvalue weighted by Crippen LogP contribution is 2.18. The molecule has 4 N–H and O–H groups in total. The van der Waals surface area contributed by atoms with Gasteiger partial charge in [-0.1, -0.05) is 0 Å². The molecule has 30 heavy (non-hydrogen) atoms. The van der Waals surface area contributed by atoms with Crippen molar-refractivity contribution in [2.45, 2.75) is 4.90 Å². The lowest BCUT2D eigenvalue weighted by Crippen LogP contribution is -2.14. The van der Waals surface area contributed by atoms with Crippen molar-refractivity contribution in [3.63, 3.8) is 0 Å². The molecule has 1 aromatic heterocycles. The van der Waals surface area contributed by atoms with Gasteiger partial charge in [-0.3, -0.25) is 14.3 Å². The van der Waals surface area contributed by atoms with Crippen LogP contribution in [0, 0.1) is 0 Å². The van der Waals surface area contributed by atoms with Gasteiger partial charge in [0, 0.05) is 30.2 Å². The second-order valence-electron chi connectivity index (χ2n) is 6.28. The molecule has 2 aromatic carbocycles. The van der Waals surface area contributed by atoms with Gasteiger partial charge < -0.3 is 15.4 Å². The van der Waals surface area contributed by atoms with Crippen LogP contribution in [0.25, 0.3) is 0 Å². The number of methoxy groups -OCH3 is 1. The number of nitrogens with one attached hydrogen (secondary N) is 2. The summed E-state index contributed by atoms with van der Waals surface area (Å²) < 4.78 is 29.1. The molecule has 0 aliphatic carbocycles. The van der Waals surface area contributed by atoms with E-state index in [4.69, 9.17) is 9.88 Å². The monoisotopic (exact) mass is 429 g/mol. The predicted octanol–water partition coefficient (Wildman–Crippen LogP) is 1.58. The molecule has 3 aromatic rings. The minimum Gasteiger partial charge on any atom is -0.479 e. The highest BCUT2D eigenvalue weighted by molar-refractivity contribution is 7.89. The zero-order valence-electron chi connectivity index (χ0n) is 16.1. The topological polar surface area (TPSA) is 145 Å². The summed E-state index contributed by atoms with van der Waals surface area (Å²) in [5.74, 6) is -0.586. The molecule has 156 valence electrons. The number of sulfonamides is 1. The Labute approximate surface area is 172 Å². The van der Waals surface area contributed by atoms with E-state index in [2.05, 4.69) is 15.7 Å². The number of aromatic nitrogens is 2. The highest BCUT2D eigenvalue weighted by atomic mass is 32.2. The summed E-state index contributed by atoms with van der Waals surface area (Å²) in [5, 5.41) is 14.4. The number of aryl methyl sites for hydroxylation is 1. The summed E-state index contributed by atoms with van der Waals surface area (Å²) in [6.07, 6.45) is 1.54. The van der Waals surface area contributed by atoms with Crippen molar-refractivity contribution < 1.29 is 22.7 Å². The van der Waals surface area contributed by atoms with Gasteiger partial charge in [0.05, 0.1) is 12.0 Å². The number of nitrogens with zero attached hydrogens (tertiary/aromatic N) is 2. The van der Waals surface area contributed by atoms with Crippen molar-refractivity contribution in [2.75, 3.05) is 17.7 Å². The fourth-order valence-electron chi connectivity index (χ4n) is 2.61. The maximum atomic E-state index is 12.4. The Hall–Kier alpha value is -3.70. The van der Waals surface area contributed by atoms with Gasteiger partial charge in [-0.05, 0) is 48.5 Å². The van der Waals surface area contributed by atoms with Crippen molar-refractivity contribution in [3.05, 3.63) is 65.9 Å². The quantitative estimate of drug-likeness (QED) is 0.542. The van der Waals surface area contributed by atoms with Crippen molar-refractivity contribution >= 4 is 33.2 Å². The van der Waals surface area contributed by atoms with Crippen LogP contribution in [0.1, 0.15) is 20.7 Å². The van der Waals surface area contributed by atoms with E-state index in [0.717, 1.165) is 0 Å². The van der Waals surface area contributed by atoms with Crippen LogP contribution >= 0.6 is 0 Å². The summed E-state index contributed by atoms with van der Waals surface area (Å²) in [6.45, 7) is 0. The lowest BCUT2D eigenvalue weighted by Gasteiger charge is -2.08. The zero-order valence-corrected chi connectivity index (χ0v) is 16.9. The number of carbonyl (C=O) groups excluding carboxylic acids is 2. The van der Waals surface area contributed by atoms with E-state index in [-0.39, 0.29) is 16.3 Å². The van der Waals surface area contributed by atoms with E-state index in [9.17, 15) is 18.0 Å². The third kappa shape index (κ3) is 4.82. The van der Waals surface area contributed by atoms with E-state index in [1.54, 1.807) is 31.3 Å². The summed E-state index contributed by atoms with van der Waals surface area (Å²) in [5.41, 5.74) is 1.53. The smallest absolute Gasteiger partial charge is 0.262 e. The second-order valence-corrected chi connectivity index (χ2v) is 7.84. The summed E-state index contributed by atoms with van der Waals surface area (Å²) >= 11 is 0. The van der Waals surface area contributed by atoms with Crippen molar-refractivity contribution in [1.29, 1.82) is 0 Å². The number of benzene rings is 2. The molecule has 0 atom stereocenters. The summed E-state index contributed by atoms with van der Waals surface area (Å²) in [4.78, 5) is 24.7. The van der Waals surface area contributed by atoms with Gasteiger partial charge in [0.25, 0.3) is 11.8 Å². The first-order valence-electron chi connectivity index (χ1n) is 8.60. The molecule has 11 heteroatoms. The van der Waals surface area contributed by atoms with Crippen LogP contribution in [-0.4, -0.2) is 37.1 Å². The highest BCUT2D eigenvalue weighted by Gasteiger charge is 2.17. The second kappa shape index (κ2) is 8.35. The zero-order chi connectivity index (χ0) is 21.9. The largest absolute Gasteiger partial charge is 0.479 e. The maximum absolute atomic E-state index is 12.4. The van der Waals surface area contributed by atoms with Crippen LogP contribution in [0.2, 0.25) is 0 Å². The van der Waals surface area contributed by atoms with Gasteiger partial charge in [-0.25, -0.2) is 13.6 Å². The molecule has 0 aliphatic rings. The van der Waals surface area contributed by atoms with Crippen LogP contribution < -0.4 is 20.5 Å². The van der Waals surface area contributed by atoms with Gasteiger partial charge in [-0.15, -0.1) is 5.10 Å². The molecule has 2 amide bonds. The minimum atomic E-state index is -3.80.